The highest BCUT2D eigenvalue weighted by atomic mass is 127. The lowest BCUT2D eigenvalue weighted by Gasteiger charge is -2.09. The van der Waals surface area contributed by atoms with Crippen LogP contribution in [0.1, 0.15) is 10.6 Å². The molecule has 1 aromatic carbocycles. The van der Waals surface area contributed by atoms with Crippen LogP contribution in [0, 0.1) is 17.4 Å². The Labute approximate surface area is 124 Å². The molecule has 2 rings (SSSR count). The maximum Gasteiger partial charge on any atom is 0.273 e. The van der Waals surface area contributed by atoms with Gasteiger partial charge in [-0.3, -0.25) is 4.72 Å². The minimum absolute atomic E-state index is 0.235. The molecule has 0 aliphatic carbocycles. The van der Waals surface area contributed by atoms with Crippen LogP contribution < -0.4 is 4.72 Å². The van der Waals surface area contributed by atoms with Crippen LogP contribution in [-0.4, -0.2) is 13.4 Å². The van der Waals surface area contributed by atoms with Gasteiger partial charge in [0.05, 0.1) is 16.9 Å². The second-order valence-electron chi connectivity index (χ2n) is 3.72. The second-order valence-corrected chi connectivity index (χ2v) is 8.02. The number of nitrogens with zero attached hydrogens (tertiary/aromatic N) is 1. The minimum atomic E-state index is -3.53. The van der Waals surface area contributed by atoms with Crippen molar-refractivity contribution in [3.63, 3.8) is 0 Å². The molecule has 18 heavy (non-hydrogen) atoms. The summed E-state index contributed by atoms with van der Waals surface area (Å²) >= 11 is 3.34. The fourth-order valence-electron chi connectivity index (χ4n) is 1.38. The third-order valence-electron chi connectivity index (χ3n) is 2.38. The molecule has 0 aliphatic rings. The molecule has 7 heteroatoms. The van der Waals surface area contributed by atoms with Crippen molar-refractivity contribution >= 4 is 49.6 Å². The zero-order valence-electron chi connectivity index (χ0n) is 9.77. The quantitative estimate of drug-likeness (QED) is 0.814. The number of aromatic nitrogens is 1. The van der Waals surface area contributed by atoms with Gasteiger partial charge >= 0.3 is 0 Å². The average Bonchev–Trinajstić information content (AvgIpc) is 2.72. The molecule has 1 aromatic heterocycles. The van der Waals surface area contributed by atoms with E-state index in [9.17, 15) is 8.42 Å². The average molecular weight is 394 g/mol. The van der Waals surface area contributed by atoms with Gasteiger partial charge in [-0.25, -0.2) is 13.4 Å². The standard InChI is InChI=1S/C11H11IN2O2S2/c1-7-9(12)4-3-5-10(7)14-18(15,16)11-6-13-8(2)17-11/h3-6,14H,1-2H3. The number of halogens is 1. The van der Waals surface area contributed by atoms with Crippen molar-refractivity contribution in [2.24, 2.45) is 0 Å². The molecule has 0 unspecified atom stereocenters. The van der Waals surface area contributed by atoms with E-state index in [-0.39, 0.29) is 4.21 Å². The van der Waals surface area contributed by atoms with Crippen LogP contribution in [0.25, 0.3) is 0 Å². The van der Waals surface area contributed by atoms with Crippen LogP contribution in [0.2, 0.25) is 0 Å². The monoisotopic (exact) mass is 394 g/mol. The van der Waals surface area contributed by atoms with Crippen LogP contribution in [0.4, 0.5) is 5.69 Å². The van der Waals surface area contributed by atoms with Gasteiger partial charge in [0, 0.05) is 3.57 Å². The number of hydrogen-bond donors (Lipinski definition) is 1. The maximum atomic E-state index is 12.1. The highest BCUT2D eigenvalue weighted by Crippen LogP contribution is 2.25. The molecule has 0 aliphatic heterocycles. The molecule has 1 heterocycles. The first-order valence-electron chi connectivity index (χ1n) is 5.10. The number of aryl methyl sites for hydroxylation is 1. The third kappa shape index (κ3) is 2.83. The zero-order valence-corrected chi connectivity index (χ0v) is 13.6. The lowest BCUT2D eigenvalue weighted by atomic mass is 10.2. The summed E-state index contributed by atoms with van der Waals surface area (Å²) in [5.41, 5.74) is 1.52. The number of rotatable bonds is 3. The van der Waals surface area contributed by atoms with E-state index < -0.39 is 10.0 Å². The normalized spacial score (nSPS) is 11.5. The molecule has 0 spiro atoms. The highest BCUT2D eigenvalue weighted by Gasteiger charge is 2.18. The van der Waals surface area contributed by atoms with Crippen molar-refractivity contribution in [1.29, 1.82) is 0 Å². The van der Waals surface area contributed by atoms with Gasteiger partial charge in [0.2, 0.25) is 0 Å². The van der Waals surface area contributed by atoms with Gasteiger partial charge < -0.3 is 0 Å². The molecule has 4 nitrogen and oxygen atoms in total. The van der Waals surface area contributed by atoms with Gasteiger partial charge in [-0.1, -0.05) is 6.07 Å². The minimum Gasteiger partial charge on any atom is -0.279 e. The summed E-state index contributed by atoms with van der Waals surface area (Å²) in [4.78, 5) is 3.96. The number of sulfonamides is 1. The van der Waals surface area contributed by atoms with E-state index in [4.69, 9.17) is 0 Å². The first-order valence-corrected chi connectivity index (χ1v) is 8.48. The Morgan fingerprint density at radius 3 is 2.67 bits per heavy atom. The van der Waals surface area contributed by atoms with Crippen molar-refractivity contribution < 1.29 is 8.42 Å². The summed E-state index contributed by atoms with van der Waals surface area (Å²) in [5.74, 6) is 0. The molecule has 0 saturated heterocycles. The molecule has 0 radical (unpaired) electrons. The zero-order chi connectivity index (χ0) is 13.3. The Morgan fingerprint density at radius 2 is 2.06 bits per heavy atom. The van der Waals surface area contributed by atoms with Gasteiger partial charge in [-0.2, -0.15) is 0 Å². The number of nitrogens with one attached hydrogen (secondary N) is 1. The lowest BCUT2D eigenvalue weighted by Crippen LogP contribution is -2.12. The summed E-state index contributed by atoms with van der Waals surface area (Å²) in [5, 5.41) is 0.731. The molecule has 2 aromatic rings. The van der Waals surface area contributed by atoms with E-state index in [0.29, 0.717) is 5.69 Å². The predicted molar refractivity (Wildman–Crippen MR) is 81.6 cm³/mol. The predicted octanol–water partition coefficient (Wildman–Crippen LogP) is 3.17. The maximum absolute atomic E-state index is 12.1. The summed E-state index contributed by atoms with van der Waals surface area (Å²) in [6.07, 6.45) is 1.38. The Bertz CT molecular complexity index is 680. The van der Waals surface area contributed by atoms with E-state index in [1.165, 1.54) is 6.20 Å². The molecule has 96 valence electrons. The van der Waals surface area contributed by atoms with Gasteiger partial charge in [0.15, 0.2) is 4.21 Å². The van der Waals surface area contributed by atoms with Gasteiger partial charge in [-0.15, -0.1) is 11.3 Å². The molecular weight excluding hydrogens is 383 g/mol. The van der Waals surface area contributed by atoms with E-state index in [1.54, 1.807) is 13.0 Å². The summed E-state index contributed by atoms with van der Waals surface area (Å²) in [6.45, 7) is 3.66. The smallest absolute Gasteiger partial charge is 0.273 e. The number of hydrogen-bond acceptors (Lipinski definition) is 4. The Hall–Kier alpha value is -0.670. The summed E-state index contributed by atoms with van der Waals surface area (Å²) in [6, 6.07) is 5.51. The topological polar surface area (TPSA) is 59.1 Å². The molecule has 0 fully saturated rings. The van der Waals surface area contributed by atoms with Crippen molar-refractivity contribution in [3.8, 4) is 0 Å². The Kier molecular flexibility index (Phi) is 3.93. The fraction of sp³-hybridized carbons (Fsp3) is 0.182. The first-order chi connectivity index (χ1) is 8.40. The second kappa shape index (κ2) is 5.14. The first kappa shape index (κ1) is 13.8. The largest absolute Gasteiger partial charge is 0.279 e. The van der Waals surface area contributed by atoms with E-state index in [1.807, 2.05) is 19.1 Å². The lowest BCUT2D eigenvalue weighted by molar-refractivity contribution is 0.603. The van der Waals surface area contributed by atoms with E-state index in [0.717, 1.165) is 25.5 Å². The van der Waals surface area contributed by atoms with E-state index >= 15 is 0 Å². The molecule has 0 amide bonds. The summed E-state index contributed by atoms with van der Waals surface area (Å²) < 4.78 is 28.1. The van der Waals surface area contributed by atoms with Crippen molar-refractivity contribution in [2.45, 2.75) is 18.1 Å². The fourth-order valence-corrected chi connectivity index (χ4v) is 4.11. The number of thiazole rings is 1. The number of anilines is 1. The molecular formula is C11H11IN2O2S2. The van der Waals surface area contributed by atoms with Crippen LogP contribution >= 0.6 is 33.9 Å². The Balaban J connectivity index is 2.37. The van der Waals surface area contributed by atoms with Crippen molar-refractivity contribution in [3.05, 3.63) is 38.5 Å². The summed E-state index contributed by atoms with van der Waals surface area (Å²) in [7, 11) is -3.53. The number of benzene rings is 1. The SMILES string of the molecule is Cc1ncc(S(=O)(=O)Nc2cccc(I)c2C)s1. The van der Waals surface area contributed by atoms with Crippen molar-refractivity contribution in [2.75, 3.05) is 4.72 Å². The van der Waals surface area contributed by atoms with Crippen LogP contribution in [0.3, 0.4) is 0 Å². The Morgan fingerprint density at radius 1 is 1.33 bits per heavy atom. The van der Waals surface area contributed by atoms with Crippen LogP contribution in [0.15, 0.2) is 28.6 Å². The molecule has 0 saturated carbocycles. The molecule has 0 atom stereocenters. The molecule has 0 bridgehead atoms. The van der Waals surface area contributed by atoms with Gasteiger partial charge in [0.25, 0.3) is 10.0 Å². The van der Waals surface area contributed by atoms with Crippen molar-refractivity contribution in [1.82, 2.24) is 4.98 Å². The van der Waals surface area contributed by atoms with Gasteiger partial charge in [0.1, 0.15) is 0 Å². The van der Waals surface area contributed by atoms with Gasteiger partial charge in [-0.05, 0) is 54.1 Å². The molecule has 1 N–H and O–H groups in total. The highest BCUT2D eigenvalue weighted by molar-refractivity contribution is 14.1. The van der Waals surface area contributed by atoms with Crippen LogP contribution in [-0.2, 0) is 10.0 Å². The van der Waals surface area contributed by atoms with E-state index in [2.05, 4.69) is 32.3 Å². The van der Waals surface area contributed by atoms with Crippen LogP contribution in [0.5, 0.6) is 0 Å². The third-order valence-corrected chi connectivity index (χ3v) is 6.29.